The lowest BCUT2D eigenvalue weighted by Crippen LogP contribution is -2.36. The molecule has 0 saturated heterocycles. The van der Waals surface area contributed by atoms with Gasteiger partial charge in [-0.1, -0.05) is 18.2 Å². The fourth-order valence-electron chi connectivity index (χ4n) is 1.76. The number of rotatable bonds is 5. The van der Waals surface area contributed by atoms with Crippen LogP contribution in [0.25, 0.3) is 5.69 Å². The van der Waals surface area contributed by atoms with E-state index in [2.05, 4.69) is 39.4 Å². The second kappa shape index (κ2) is 7.13. The van der Waals surface area contributed by atoms with Gasteiger partial charge in [0.25, 0.3) is 0 Å². The van der Waals surface area contributed by atoms with E-state index in [-0.39, 0.29) is 0 Å². The molecule has 5 heteroatoms. The lowest BCUT2D eigenvalue weighted by atomic mass is 10.2. The number of hydrogen-bond donors (Lipinski definition) is 2. The number of aliphatic imine (C=N–C) groups is 1. The van der Waals surface area contributed by atoms with Crippen LogP contribution in [-0.2, 0) is 6.54 Å². The molecule has 0 fully saturated rings. The van der Waals surface area contributed by atoms with Crippen LogP contribution in [0.2, 0.25) is 0 Å². The average Bonchev–Trinajstić information content (AvgIpc) is 3.02. The maximum absolute atomic E-state index is 4.20. The minimum atomic E-state index is 0.692. The van der Waals surface area contributed by atoms with E-state index < -0.39 is 0 Å². The first-order valence-corrected chi connectivity index (χ1v) is 6.48. The van der Waals surface area contributed by atoms with Crippen LogP contribution in [0, 0.1) is 0 Å². The quantitative estimate of drug-likeness (QED) is 0.494. The Balaban J connectivity index is 1.92. The van der Waals surface area contributed by atoms with Gasteiger partial charge in [-0.25, -0.2) is 4.68 Å². The number of aromatic nitrogens is 2. The first-order valence-electron chi connectivity index (χ1n) is 6.48. The van der Waals surface area contributed by atoms with E-state index in [9.17, 15) is 0 Å². The molecule has 20 heavy (non-hydrogen) atoms. The highest BCUT2D eigenvalue weighted by molar-refractivity contribution is 5.79. The summed E-state index contributed by atoms with van der Waals surface area (Å²) in [5, 5.41) is 10.6. The summed E-state index contributed by atoms with van der Waals surface area (Å²) in [6.45, 7) is 5.08. The van der Waals surface area contributed by atoms with Crippen molar-refractivity contribution < 1.29 is 0 Å². The van der Waals surface area contributed by atoms with E-state index in [4.69, 9.17) is 0 Å². The Labute approximate surface area is 119 Å². The monoisotopic (exact) mass is 269 g/mol. The largest absolute Gasteiger partial charge is 0.353 e. The molecule has 0 amide bonds. The normalized spacial score (nSPS) is 11.2. The Hall–Kier alpha value is -2.56. The highest BCUT2D eigenvalue weighted by Crippen LogP contribution is 2.08. The standard InChI is InChI=1S/C15H19N5/c1-3-9-17-15(16-2)18-12-13-5-7-14(8-6-13)20-11-4-10-19-20/h3-8,10-11H,1,9,12H2,2H3,(H2,16,17,18). The number of nitrogens with zero attached hydrogens (tertiary/aromatic N) is 3. The molecule has 0 bridgehead atoms. The summed E-state index contributed by atoms with van der Waals surface area (Å²) in [5.41, 5.74) is 2.23. The van der Waals surface area contributed by atoms with Crippen LogP contribution < -0.4 is 10.6 Å². The molecule has 1 aromatic carbocycles. The van der Waals surface area contributed by atoms with Gasteiger partial charge in [0.15, 0.2) is 5.96 Å². The summed E-state index contributed by atoms with van der Waals surface area (Å²) in [4.78, 5) is 4.13. The van der Waals surface area contributed by atoms with Crippen LogP contribution in [0.1, 0.15) is 5.56 Å². The van der Waals surface area contributed by atoms with Crippen molar-refractivity contribution in [3.63, 3.8) is 0 Å². The number of guanidine groups is 1. The van der Waals surface area contributed by atoms with E-state index in [0.29, 0.717) is 6.54 Å². The highest BCUT2D eigenvalue weighted by atomic mass is 15.3. The molecule has 1 aromatic heterocycles. The van der Waals surface area contributed by atoms with Gasteiger partial charge in [0.1, 0.15) is 0 Å². The molecule has 104 valence electrons. The molecule has 0 aliphatic heterocycles. The molecule has 2 rings (SSSR count). The van der Waals surface area contributed by atoms with Gasteiger partial charge < -0.3 is 10.6 Å². The third-order valence-corrected chi connectivity index (χ3v) is 2.80. The summed E-state index contributed by atoms with van der Waals surface area (Å²) >= 11 is 0. The summed E-state index contributed by atoms with van der Waals surface area (Å²) < 4.78 is 1.84. The Kier molecular flexibility index (Phi) is 4.94. The average molecular weight is 269 g/mol. The van der Waals surface area contributed by atoms with Crippen LogP contribution in [0.3, 0.4) is 0 Å². The van der Waals surface area contributed by atoms with Crippen LogP contribution in [0.4, 0.5) is 0 Å². The van der Waals surface area contributed by atoms with E-state index in [0.717, 1.165) is 18.2 Å². The van der Waals surface area contributed by atoms with Crippen molar-refractivity contribution in [1.29, 1.82) is 0 Å². The molecule has 0 atom stereocenters. The molecular weight excluding hydrogens is 250 g/mol. The van der Waals surface area contributed by atoms with Gasteiger partial charge >= 0.3 is 0 Å². The Bertz CT molecular complexity index is 554. The third kappa shape index (κ3) is 3.71. The zero-order chi connectivity index (χ0) is 14.2. The van der Waals surface area contributed by atoms with E-state index in [1.165, 1.54) is 5.56 Å². The van der Waals surface area contributed by atoms with Crippen LogP contribution >= 0.6 is 0 Å². The van der Waals surface area contributed by atoms with E-state index >= 15 is 0 Å². The van der Waals surface area contributed by atoms with Gasteiger partial charge in [-0.3, -0.25) is 4.99 Å². The van der Waals surface area contributed by atoms with E-state index in [1.807, 2.05) is 29.1 Å². The first-order chi connectivity index (χ1) is 9.83. The molecule has 0 aliphatic carbocycles. The zero-order valence-corrected chi connectivity index (χ0v) is 11.6. The zero-order valence-electron chi connectivity index (χ0n) is 11.6. The predicted octanol–water partition coefficient (Wildman–Crippen LogP) is 1.72. The second-order valence-corrected chi connectivity index (χ2v) is 4.21. The third-order valence-electron chi connectivity index (χ3n) is 2.80. The first kappa shape index (κ1) is 13.9. The molecule has 0 saturated carbocycles. The summed E-state index contributed by atoms with van der Waals surface area (Å²) in [5.74, 6) is 0.765. The Morgan fingerprint density at radius 3 is 2.75 bits per heavy atom. The molecule has 0 aliphatic rings. The highest BCUT2D eigenvalue weighted by Gasteiger charge is 1.99. The number of hydrogen-bond acceptors (Lipinski definition) is 2. The van der Waals surface area contributed by atoms with Crippen molar-refractivity contribution >= 4 is 5.96 Å². The molecule has 1 heterocycles. The summed E-state index contributed by atoms with van der Waals surface area (Å²) in [6.07, 6.45) is 5.49. The molecular formula is C15H19N5. The minimum Gasteiger partial charge on any atom is -0.353 e. The van der Waals surface area contributed by atoms with Crippen molar-refractivity contribution in [3.05, 3.63) is 60.9 Å². The Morgan fingerprint density at radius 1 is 1.35 bits per heavy atom. The smallest absolute Gasteiger partial charge is 0.191 e. The van der Waals surface area contributed by atoms with Crippen LogP contribution in [0.15, 0.2) is 60.4 Å². The second-order valence-electron chi connectivity index (χ2n) is 4.21. The van der Waals surface area contributed by atoms with Gasteiger partial charge in [0.05, 0.1) is 5.69 Å². The number of benzene rings is 1. The summed E-state index contributed by atoms with van der Waals surface area (Å²) in [7, 11) is 1.75. The van der Waals surface area contributed by atoms with Crippen molar-refractivity contribution in [1.82, 2.24) is 20.4 Å². The maximum atomic E-state index is 4.20. The van der Waals surface area contributed by atoms with E-state index in [1.54, 1.807) is 19.3 Å². The number of nitrogens with one attached hydrogen (secondary N) is 2. The van der Waals surface area contributed by atoms with Crippen molar-refractivity contribution in [2.45, 2.75) is 6.54 Å². The fourth-order valence-corrected chi connectivity index (χ4v) is 1.76. The molecule has 5 nitrogen and oxygen atoms in total. The lowest BCUT2D eigenvalue weighted by Gasteiger charge is -2.10. The molecule has 0 radical (unpaired) electrons. The van der Waals surface area contributed by atoms with Crippen LogP contribution in [-0.4, -0.2) is 29.3 Å². The molecule has 0 spiro atoms. The summed E-state index contributed by atoms with van der Waals surface area (Å²) in [6, 6.07) is 10.1. The fraction of sp³-hybridized carbons (Fsp3) is 0.200. The van der Waals surface area contributed by atoms with Gasteiger partial charge in [0, 0.05) is 32.5 Å². The van der Waals surface area contributed by atoms with Crippen molar-refractivity contribution in [3.8, 4) is 5.69 Å². The molecule has 2 aromatic rings. The lowest BCUT2D eigenvalue weighted by molar-refractivity contribution is 0.843. The van der Waals surface area contributed by atoms with Gasteiger partial charge in [-0.15, -0.1) is 6.58 Å². The van der Waals surface area contributed by atoms with Crippen molar-refractivity contribution in [2.75, 3.05) is 13.6 Å². The van der Waals surface area contributed by atoms with Gasteiger partial charge in [0.2, 0.25) is 0 Å². The SMILES string of the molecule is C=CCNC(=NC)NCc1ccc(-n2cccn2)cc1. The maximum Gasteiger partial charge on any atom is 0.191 e. The molecule has 0 unspecified atom stereocenters. The topological polar surface area (TPSA) is 54.2 Å². The van der Waals surface area contributed by atoms with Crippen LogP contribution in [0.5, 0.6) is 0 Å². The van der Waals surface area contributed by atoms with Gasteiger partial charge in [-0.05, 0) is 23.8 Å². The predicted molar refractivity (Wildman–Crippen MR) is 82.0 cm³/mol. The molecule has 2 N–H and O–H groups in total. The van der Waals surface area contributed by atoms with Gasteiger partial charge in [-0.2, -0.15) is 5.10 Å². The Morgan fingerprint density at radius 2 is 2.15 bits per heavy atom. The van der Waals surface area contributed by atoms with Crippen molar-refractivity contribution in [2.24, 2.45) is 4.99 Å². The minimum absolute atomic E-state index is 0.692.